The van der Waals surface area contributed by atoms with Crippen LogP contribution in [-0.4, -0.2) is 37.4 Å². The summed E-state index contributed by atoms with van der Waals surface area (Å²) in [6.07, 6.45) is 0. The summed E-state index contributed by atoms with van der Waals surface area (Å²) >= 11 is 11.9. The molecule has 0 radical (unpaired) electrons. The lowest BCUT2D eigenvalue weighted by Crippen LogP contribution is -2.30. The molecule has 1 amide bonds. The van der Waals surface area contributed by atoms with Crippen molar-refractivity contribution < 1.29 is 13.2 Å². The molecule has 0 aromatic heterocycles. The Hall–Kier alpha value is -1.93. The third-order valence-corrected chi connectivity index (χ3v) is 6.89. The van der Waals surface area contributed by atoms with Gasteiger partial charge in [-0.3, -0.25) is 4.79 Å². The summed E-state index contributed by atoms with van der Waals surface area (Å²) in [6.45, 7) is 5.93. The van der Waals surface area contributed by atoms with Gasteiger partial charge in [0.15, 0.2) is 0 Å². The first-order valence-corrected chi connectivity index (χ1v) is 10.8. The highest BCUT2D eigenvalue weighted by Crippen LogP contribution is 2.23. The van der Waals surface area contributed by atoms with E-state index in [2.05, 4.69) is 10.5 Å². The van der Waals surface area contributed by atoms with Crippen molar-refractivity contribution in [1.82, 2.24) is 9.73 Å². The molecule has 0 atom stereocenters. The average Bonchev–Trinajstić information content (AvgIpc) is 2.68. The van der Waals surface area contributed by atoms with E-state index < -0.39 is 15.9 Å². The number of benzene rings is 2. The summed E-state index contributed by atoms with van der Waals surface area (Å²) in [5, 5.41) is 4.86. The molecule has 0 fully saturated rings. The lowest BCUT2D eigenvalue weighted by Gasteiger charge is -2.18. The number of carbonyl (C=O) groups is 1. The molecule has 0 heterocycles. The molecule has 150 valence electrons. The molecule has 0 spiro atoms. The lowest BCUT2D eigenvalue weighted by atomic mass is 10.1. The van der Waals surface area contributed by atoms with Gasteiger partial charge >= 0.3 is 0 Å². The van der Waals surface area contributed by atoms with E-state index in [4.69, 9.17) is 23.2 Å². The van der Waals surface area contributed by atoms with Crippen molar-refractivity contribution in [1.29, 1.82) is 0 Å². The van der Waals surface area contributed by atoms with Crippen molar-refractivity contribution in [2.75, 3.05) is 13.1 Å². The normalized spacial score (nSPS) is 12.3. The second-order valence-corrected chi connectivity index (χ2v) is 8.64. The zero-order valence-electron chi connectivity index (χ0n) is 15.7. The molecule has 1 N–H and O–H groups in total. The van der Waals surface area contributed by atoms with Crippen molar-refractivity contribution in [3.8, 4) is 0 Å². The highest BCUT2D eigenvalue weighted by Gasteiger charge is 2.22. The molecule has 2 aromatic carbocycles. The van der Waals surface area contributed by atoms with Crippen LogP contribution in [0, 0.1) is 0 Å². The number of amides is 1. The fourth-order valence-corrected chi connectivity index (χ4v) is 4.30. The summed E-state index contributed by atoms with van der Waals surface area (Å²) in [5.74, 6) is -0.518. The van der Waals surface area contributed by atoms with Crippen LogP contribution in [0.25, 0.3) is 0 Å². The summed E-state index contributed by atoms with van der Waals surface area (Å²) in [4.78, 5) is 12.5. The molecule has 2 aromatic rings. The second-order valence-electron chi connectivity index (χ2n) is 5.88. The number of hydrogen-bond acceptors (Lipinski definition) is 4. The summed E-state index contributed by atoms with van der Waals surface area (Å²) in [7, 11) is -3.65. The largest absolute Gasteiger partial charge is 0.271 e. The SMILES string of the molecule is CCN(CC)S(=O)(=O)c1cccc(C(=O)N/N=C(\C)c2ccc(Cl)c(Cl)c2)c1. The molecule has 2 rings (SSSR count). The molecule has 0 unspecified atom stereocenters. The van der Waals surface area contributed by atoms with Crippen LogP contribution in [0.3, 0.4) is 0 Å². The zero-order chi connectivity index (χ0) is 20.9. The van der Waals surface area contributed by atoms with Crippen molar-refractivity contribution in [3.05, 3.63) is 63.6 Å². The van der Waals surface area contributed by atoms with Crippen LogP contribution < -0.4 is 5.43 Å². The highest BCUT2D eigenvalue weighted by atomic mass is 35.5. The Morgan fingerprint density at radius 3 is 2.32 bits per heavy atom. The van der Waals surface area contributed by atoms with E-state index in [9.17, 15) is 13.2 Å². The van der Waals surface area contributed by atoms with Crippen LogP contribution in [-0.2, 0) is 10.0 Å². The Kier molecular flexibility index (Phi) is 7.60. The first-order chi connectivity index (χ1) is 13.2. The monoisotopic (exact) mass is 441 g/mol. The topological polar surface area (TPSA) is 78.8 Å². The van der Waals surface area contributed by atoms with Gasteiger partial charge in [0.05, 0.1) is 20.7 Å². The molecule has 0 bridgehead atoms. The molecule has 28 heavy (non-hydrogen) atoms. The number of hydrogen-bond donors (Lipinski definition) is 1. The number of rotatable bonds is 7. The van der Waals surface area contributed by atoms with Crippen LogP contribution in [0.5, 0.6) is 0 Å². The molecule has 9 heteroatoms. The summed E-state index contributed by atoms with van der Waals surface area (Å²) in [5.41, 5.74) is 3.85. The molecule has 0 aliphatic carbocycles. The highest BCUT2D eigenvalue weighted by molar-refractivity contribution is 7.89. The van der Waals surface area contributed by atoms with Gasteiger partial charge in [-0.25, -0.2) is 13.8 Å². The number of carbonyl (C=O) groups excluding carboxylic acids is 1. The smallest absolute Gasteiger partial charge is 0.267 e. The minimum atomic E-state index is -3.65. The van der Waals surface area contributed by atoms with Gasteiger partial charge in [0.2, 0.25) is 10.0 Å². The van der Waals surface area contributed by atoms with E-state index in [1.165, 1.54) is 28.6 Å². The van der Waals surface area contributed by atoms with E-state index >= 15 is 0 Å². The van der Waals surface area contributed by atoms with Crippen LogP contribution in [0.2, 0.25) is 10.0 Å². The minimum Gasteiger partial charge on any atom is -0.267 e. The van der Waals surface area contributed by atoms with Gasteiger partial charge in [0, 0.05) is 18.7 Å². The zero-order valence-corrected chi connectivity index (χ0v) is 18.1. The van der Waals surface area contributed by atoms with Gasteiger partial charge in [-0.15, -0.1) is 0 Å². The van der Waals surface area contributed by atoms with Gasteiger partial charge in [0.25, 0.3) is 5.91 Å². The van der Waals surface area contributed by atoms with Crippen molar-refractivity contribution in [2.45, 2.75) is 25.7 Å². The van der Waals surface area contributed by atoms with E-state index in [0.29, 0.717) is 34.4 Å². The van der Waals surface area contributed by atoms with Crippen molar-refractivity contribution in [2.24, 2.45) is 5.10 Å². The maximum Gasteiger partial charge on any atom is 0.271 e. The molecule has 0 saturated heterocycles. The van der Waals surface area contributed by atoms with E-state index in [0.717, 1.165) is 0 Å². The Bertz CT molecular complexity index is 1000. The third kappa shape index (κ3) is 5.11. The number of halogens is 2. The van der Waals surface area contributed by atoms with Crippen LogP contribution in [0.15, 0.2) is 52.5 Å². The predicted octanol–water partition coefficient (Wildman–Crippen LogP) is 4.18. The van der Waals surface area contributed by atoms with Gasteiger partial charge in [-0.1, -0.05) is 49.2 Å². The average molecular weight is 442 g/mol. The first-order valence-electron chi connectivity index (χ1n) is 8.61. The molecule has 0 saturated carbocycles. The third-order valence-electron chi connectivity index (χ3n) is 4.10. The molecular weight excluding hydrogens is 421 g/mol. The Labute approximate surface area is 175 Å². The number of sulfonamides is 1. The summed E-state index contributed by atoms with van der Waals surface area (Å²) in [6, 6.07) is 10.9. The van der Waals surface area contributed by atoms with Crippen LogP contribution in [0.4, 0.5) is 0 Å². The van der Waals surface area contributed by atoms with Gasteiger partial charge in [-0.05, 0) is 42.8 Å². The van der Waals surface area contributed by atoms with E-state index in [1.54, 1.807) is 39.0 Å². The standard InChI is InChI=1S/C19H21Cl2N3O3S/c1-4-24(5-2)28(26,27)16-8-6-7-15(11-16)19(25)23-22-13(3)14-9-10-17(20)18(21)12-14/h6-12H,4-5H2,1-3H3,(H,23,25)/b22-13+. The number of hydrazone groups is 1. The lowest BCUT2D eigenvalue weighted by molar-refractivity contribution is 0.0954. The Morgan fingerprint density at radius 2 is 1.71 bits per heavy atom. The molecular formula is C19H21Cl2N3O3S. The van der Waals surface area contributed by atoms with Gasteiger partial charge in [-0.2, -0.15) is 9.41 Å². The fourth-order valence-electron chi connectivity index (χ4n) is 2.50. The maximum absolute atomic E-state index is 12.6. The summed E-state index contributed by atoms with van der Waals surface area (Å²) < 4.78 is 26.6. The van der Waals surface area contributed by atoms with Gasteiger partial charge in [0.1, 0.15) is 0 Å². The van der Waals surface area contributed by atoms with Crippen molar-refractivity contribution >= 4 is 44.8 Å². The predicted molar refractivity (Wildman–Crippen MR) is 113 cm³/mol. The Balaban J connectivity index is 2.22. The number of nitrogens with zero attached hydrogens (tertiary/aromatic N) is 2. The van der Waals surface area contributed by atoms with Crippen molar-refractivity contribution in [3.63, 3.8) is 0 Å². The van der Waals surface area contributed by atoms with E-state index in [-0.39, 0.29) is 10.5 Å². The van der Waals surface area contributed by atoms with E-state index in [1.807, 2.05) is 0 Å². The molecule has 0 aliphatic heterocycles. The van der Waals surface area contributed by atoms with Crippen LogP contribution in [0.1, 0.15) is 36.7 Å². The first kappa shape index (κ1) is 22.4. The Morgan fingerprint density at radius 1 is 1.04 bits per heavy atom. The maximum atomic E-state index is 12.6. The molecule has 0 aliphatic rings. The quantitative estimate of drug-likeness (QED) is 0.516. The fraction of sp³-hybridized carbons (Fsp3) is 0.263. The van der Waals surface area contributed by atoms with Gasteiger partial charge < -0.3 is 0 Å². The second kappa shape index (κ2) is 9.52. The minimum absolute atomic E-state index is 0.0639. The van der Waals surface area contributed by atoms with Crippen LogP contribution >= 0.6 is 23.2 Å². The number of nitrogens with one attached hydrogen (secondary N) is 1. The molecule has 6 nitrogen and oxygen atoms in total.